The average molecular weight is 224 g/mol. The lowest BCUT2D eigenvalue weighted by atomic mass is 9.83. The molecule has 0 spiro atoms. The highest BCUT2D eigenvalue weighted by atomic mass is 19.4. The normalized spacial score (nSPS) is 25.5. The third-order valence-corrected chi connectivity index (χ3v) is 2.12. The second kappa shape index (κ2) is 4.65. The summed E-state index contributed by atoms with van der Waals surface area (Å²) in [7, 11) is 0. The van der Waals surface area contributed by atoms with Gasteiger partial charge in [-0.2, -0.15) is 0 Å². The molecule has 0 N–H and O–H groups in total. The highest BCUT2D eigenvalue weighted by Gasteiger charge is 2.40. The molecule has 86 valence electrons. The van der Waals surface area contributed by atoms with Gasteiger partial charge in [0, 0.05) is 6.08 Å². The molecule has 0 radical (unpaired) electrons. The fraction of sp³-hybridized carbons (Fsp3) is 0.667. The molecule has 1 aliphatic rings. The number of ether oxygens (including phenoxy) is 2. The molecule has 1 fully saturated rings. The quantitative estimate of drug-likeness (QED) is 0.541. The Labute approximate surface area is 84.8 Å². The molecule has 0 aliphatic heterocycles. The van der Waals surface area contributed by atoms with E-state index in [0.717, 1.165) is 6.08 Å². The van der Waals surface area contributed by atoms with Crippen LogP contribution in [0.3, 0.4) is 0 Å². The topological polar surface area (TPSA) is 35.5 Å². The fourth-order valence-electron chi connectivity index (χ4n) is 1.35. The van der Waals surface area contributed by atoms with Gasteiger partial charge in [-0.05, 0) is 18.8 Å². The van der Waals surface area contributed by atoms with Crippen molar-refractivity contribution in [1.29, 1.82) is 0 Å². The maximum atomic E-state index is 11.7. The molecule has 1 aliphatic carbocycles. The van der Waals surface area contributed by atoms with E-state index in [1.54, 1.807) is 0 Å². The highest BCUT2D eigenvalue weighted by molar-refractivity contribution is 5.81. The number of carbonyl (C=O) groups excluding carboxylic acids is 1. The second-order valence-corrected chi connectivity index (χ2v) is 3.36. The van der Waals surface area contributed by atoms with E-state index in [-0.39, 0.29) is 25.4 Å². The molecule has 0 bridgehead atoms. The Balaban J connectivity index is 2.10. The summed E-state index contributed by atoms with van der Waals surface area (Å²) < 4.78 is 43.6. The van der Waals surface area contributed by atoms with Crippen LogP contribution in [0.4, 0.5) is 13.2 Å². The Hall–Kier alpha value is -1.04. The van der Waals surface area contributed by atoms with Gasteiger partial charge in [0.15, 0.2) is 0 Å². The van der Waals surface area contributed by atoms with Crippen LogP contribution in [0.25, 0.3) is 0 Å². The molecule has 0 amide bonds. The number of esters is 1. The van der Waals surface area contributed by atoms with Gasteiger partial charge in [-0.1, -0.05) is 6.58 Å². The van der Waals surface area contributed by atoms with Crippen LogP contribution in [0, 0.1) is 5.92 Å². The lowest BCUT2D eigenvalue weighted by molar-refractivity contribution is -0.354. The van der Waals surface area contributed by atoms with Crippen LogP contribution < -0.4 is 0 Å². The van der Waals surface area contributed by atoms with Crippen LogP contribution in [-0.2, 0) is 14.3 Å². The fourth-order valence-corrected chi connectivity index (χ4v) is 1.35. The minimum Gasteiger partial charge on any atom is -0.462 e. The van der Waals surface area contributed by atoms with E-state index >= 15 is 0 Å². The van der Waals surface area contributed by atoms with Crippen molar-refractivity contribution in [2.24, 2.45) is 5.92 Å². The van der Waals surface area contributed by atoms with E-state index in [1.165, 1.54) is 0 Å². The molecule has 0 aromatic heterocycles. The first kappa shape index (κ1) is 12.0. The van der Waals surface area contributed by atoms with Gasteiger partial charge >= 0.3 is 12.3 Å². The van der Waals surface area contributed by atoms with Crippen molar-refractivity contribution in [3.05, 3.63) is 12.7 Å². The minimum absolute atomic E-state index is 0.0405. The number of hydrogen-bond acceptors (Lipinski definition) is 3. The van der Waals surface area contributed by atoms with Crippen LogP contribution in [0.5, 0.6) is 0 Å². The molecule has 0 aromatic rings. The van der Waals surface area contributed by atoms with Crippen molar-refractivity contribution >= 4 is 5.97 Å². The summed E-state index contributed by atoms with van der Waals surface area (Å²) in [6, 6.07) is 0. The molecule has 1 rings (SSSR count). The Kier molecular flexibility index (Phi) is 3.73. The first-order chi connectivity index (χ1) is 6.90. The summed E-state index contributed by atoms with van der Waals surface area (Å²) in [5.41, 5.74) is 0. The third kappa shape index (κ3) is 4.33. The number of alkyl halides is 3. The van der Waals surface area contributed by atoms with Gasteiger partial charge in [-0.15, -0.1) is 13.2 Å². The Morgan fingerprint density at radius 1 is 1.47 bits per heavy atom. The zero-order valence-electron chi connectivity index (χ0n) is 7.92. The summed E-state index contributed by atoms with van der Waals surface area (Å²) >= 11 is 0. The molecule has 0 heterocycles. The molecular formula is C9H11F3O3. The number of hydrogen-bond donors (Lipinski definition) is 0. The lowest BCUT2D eigenvalue weighted by Gasteiger charge is -2.34. The van der Waals surface area contributed by atoms with E-state index in [4.69, 9.17) is 0 Å². The third-order valence-electron chi connectivity index (χ3n) is 2.12. The molecule has 0 saturated heterocycles. The van der Waals surface area contributed by atoms with Crippen LogP contribution in [0.2, 0.25) is 0 Å². The maximum absolute atomic E-state index is 11.7. The van der Waals surface area contributed by atoms with Crippen molar-refractivity contribution in [1.82, 2.24) is 0 Å². The monoisotopic (exact) mass is 224 g/mol. The summed E-state index contributed by atoms with van der Waals surface area (Å²) in [5.74, 6) is -0.601. The SMILES string of the molecule is C=CC(=O)OCC1CC(OC(F)(F)F)C1. The van der Waals surface area contributed by atoms with E-state index in [0.29, 0.717) is 0 Å². The second-order valence-electron chi connectivity index (χ2n) is 3.36. The molecule has 0 atom stereocenters. The van der Waals surface area contributed by atoms with Crippen molar-refractivity contribution in [2.75, 3.05) is 6.61 Å². The number of carbonyl (C=O) groups is 1. The largest absolute Gasteiger partial charge is 0.522 e. The average Bonchev–Trinajstić information content (AvgIpc) is 2.06. The molecular weight excluding hydrogens is 213 g/mol. The van der Waals surface area contributed by atoms with Crippen LogP contribution >= 0.6 is 0 Å². The summed E-state index contributed by atoms with van der Waals surface area (Å²) in [6.07, 6.45) is -3.82. The van der Waals surface area contributed by atoms with E-state index in [9.17, 15) is 18.0 Å². The van der Waals surface area contributed by atoms with Gasteiger partial charge < -0.3 is 4.74 Å². The van der Waals surface area contributed by atoms with Crippen molar-refractivity contribution < 1.29 is 27.4 Å². The zero-order chi connectivity index (χ0) is 11.5. The summed E-state index contributed by atoms with van der Waals surface area (Å²) in [6.45, 7) is 3.33. The van der Waals surface area contributed by atoms with Gasteiger partial charge in [0.1, 0.15) is 0 Å². The first-order valence-electron chi connectivity index (χ1n) is 4.44. The standard InChI is InChI=1S/C9H11F3O3/c1-2-8(13)14-5-6-3-7(4-6)15-9(10,11)12/h2,6-7H,1,3-5H2. The van der Waals surface area contributed by atoms with Gasteiger partial charge in [0.05, 0.1) is 12.7 Å². The smallest absolute Gasteiger partial charge is 0.462 e. The Morgan fingerprint density at radius 3 is 2.53 bits per heavy atom. The first-order valence-corrected chi connectivity index (χ1v) is 4.44. The Bertz CT molecular complexity index is 243. The minimum atomic E-state index is -4.58. The van der Waals surface area contributed by atoms with Gasteiger partial charge in [0.2, 0.25) is 0 Å². The van der Waals surface area contributed by atoms with Gasteiger partial charge in [-0.3, -0.25) is 4.74 Å². The van der Waals surface area contributed by atoms with E-state index in [2.05, 4.69) is 16.1 Å². The predicted molar refractivity (Wildman–Crippen MR) is 44.8 cm³/mol. The number of halogens is 3. The van der Waals surface area contributed by atoms with E-state index < -0.39 is 18.4 Å². The van der Waals surface area contributed by atoms with Crippen LogP contribution in [0.15, 0.2) is 12.7 Å². The van der Waals surface area contributed by atoms with Crippen molar-refractivity contribution in [3.63, 3.8) is 0 Å². The van der Waals surface area contributed by atoms with Crippen LogP contribution in [-0.4, -0.2) is 25.0 Å². The molecule has 6 heteroatoms. The Morgan fingerprint density at radius 2 is 2.07 bits per heavy atom. The van der Waals surface area contributed by atoms with Crippen molar-refractivity contribution in [2.45, 2.75) is 25.3 Å². The molecule has 3 nitrogen and oxygen atoms in total. The summed E-state index contributed by atoms with van der Waals surface area (Å²) in [5, 5.41) is 0. The van der Waals surface area contributed by atoms with Crippen molar-refractivity contribution in [3.8, 4) is 0 Å². The number of rotatable bonds is 4. The maximum Gasteiger partial charge on any atom is 0.522 e. The molecule has 15 heavy (non-hydrogen) atoms. The van der Waals surface area contributed by atoms with Gasteiger partial charge in [0.25, 0.3) is 0 Å². The van der Waals surface area contributed by atoms with Gasteiger partial charge in [-0.25, -0.2) is 4.79 Å². The lowest BCUT2D eigenvalue weighted by Crippen LogP contribution is -2.38. The van der Waals surface area contributed by atoms with Crippen LogP contribution in [0.1, 0.15) is 12.8 Å². The van der Waals surface area contributed by atoms with E-state index in [1.807, 2.05) is 0 Å². The predicted octanol–water partition coefficient (Wildman–Crippen LogP) is 2.03. The highest BCUT2D eigenvalue weighted by Crippen LogP contribution is 2.34. The molecule has 1 saturated carbocycles. The summed E-state index contributed by atoms with van der Waals surface area (Å²) in [4.78, 5) is 10.6. The molecule has 0 aromatic carbocycles. The molecule has 0 unspecified atom stereocenters. The zero-order valence-corrected chi connectivity index (χ0v) is 7.92.